The van der Waals surface area contributed by atoms with Gasteiger partial charge in [-0.15, -0.1) is 0 Å². The van der Waals surface area contributed by atoms with Crippen molar-refractivity contribution in [2.75, 3.05) is 11.9 Å². The first-order valence-corrected chi connectivity index (χ1v) is 7.90. The maximum absolute atomic E-state index is 6.29. The molecule has 0 atom stereocenters. The van der Waals surface area contributed by atoms with Crippen LogP contribution in [0.1, 0.15) is 13.3 Å². The van der Waals surface area contributed by atoms with E-state index in [1.165, 1.54) is 0 Å². The van der Waals surface area contributed by atoms with Gasteiger partial charge in [0.05, 0.1) is 10.5 Å². The van der Waals surface area contributed by atoms with Crippen LogP contribution in [-0.2, 0) is 0 Å². The number of benzene rings is 2. The molecule has 2 aromatic carbocycles. The Bertz CT molecular complexity index is 818. The van der Waals surface area contributed by atoms with Gasteiger partial charge < -0.3 is 5.32 Å². The van der Waals surface area contributed by atoms with Crippen LogP contribution in [0.5, 0.6) is 0 Å². The third-order valence-electron chi connectivity index (χ3n) is 3.32. The first kappa shape index (κ1) is 15.1. The van der Waals surface area contributed by atoms with Crippen LogP contribution in [0.15, 0.2) is 42.5 Å². The van der Waals surface area contributed by atoms with Crippen molar-refractivity contribution in [3.05, 3.63) is 52.5 Å². The topological polar surface area (TPSA) is 37.8 Å². The number of para-hydroxylation sites is 1. The van der Waals surface area contributed by atoms with E-state index in [9.17, 15) is 0 Å². The Morgan fingerprint density at radius 2 is 1.86 bits per heavy atom. The molecule has 112 valence electrons. The molecule has 0 spiro atoms. The van der Waals surface area contributed by atoms with Crippen molar-refractivity contribution in [2.45, 2.75) is 13.3 Å². The zero-order valence-corrected chi connectivity index (χ0v) is 13.6. The van der Waals surface area contributed by atoms with Crippen LogP contribution < -0.4 is 5.32 Å². The summed E-state index contributed by atoms with van der Waals surface area (Å²) >= 11 is 12.2. The largest absolute Gasteiger partial charge is 0.369 e. The van der Waals surface area contributed by atoms with E-state index in [0.29, 0.717) is 15.9 Å². The maximum Gasteiger partial charge on any atom is 0.163 e. The first-order chi connectivity index (χ1) is 10.7. The lowest BCUT2D eigenvalue weighted by Gasteiger charge is -2.11. The number of hydrogen-bond acceptors (Lipinski definition) is 3. The van der Waals surface area contributed by atoms with Gasteiger partial charge >= 0.3 is 0 Å². The summed E-state index contributed by atoms with van der Waals surface area (Å²) in [5.74, 6) is 1.42. The molecule has 0 aliphatic heterocycles. The van der Waals surface area contributed by atoms with E-state index >= 15 is 0 Å². The zero-order chi connectivity index (χ0) is 15.5. The van der Waals surface area contributed by atoms with E-state index in [-0.39, 0.29) is 0 Å². The molecule has 1 aromatic heterocycles. The Kier molecular flexibility index (Phi) is 4.46. The number of hydrogen-bond donors (Lipinski definition) is 1. The standard InChI is InChI=1S/C17H15Cl2N3/c1-2-9-20-16-13-5-3-4-6-15(13)21-17(22-16)12-8-7-11(18)10-14(12)19/h3-8,10H,2,9H2,1H3,(H,20,21,22). The summed E-state index contributed by atoms with van der Waals surface area (Å²) in [7, 11) is 0. The van der Waals surface area contributed by atoms with Gasteiger partial charge in [-0.2, -0.15) is 0 Å². The van der Waals surface area contributed by atoms with Crippen molar-refractivity contribution in [3.63, 3.8) is 0 Å². The summed E-state index contributed by atoms with van der Waals surface area (Å²) in [6.07, 6.45) is 1.02. The minimum absolute atomic E-state index is 0.546. The van der Waals surface area contributed by atoms with Crippen molar-refractivity contribution in [1.29, 1.82) is 0 Å². The van der Waals surface area contributed by atoms with E-state index in [1.807, 2.05) is 30.3 Å². The van der Waals surface area contributed by atoms with E-state index in [0.717, 1.165) is 35.2 Å². The summed E-state index contributed by atoms with van der Waals surface area (Å²) in [5.41, 5.74) is 1.66. The van der Waals surface area contributed by atoms with Gasteiger partial charge in [0.2, 0.25) is 0 Å². The molecule has 0 bridgehead atoms. The van der Waals surface area contributed by atoms with E-state index in [2.05, 4.69) is 22.2 Å². The summed E-state index contributed by atoms with van der Waals surface area (Å²) < 4.78 is 0. The number of nitrogens with one attached hydrogen (secondary N) is 1. The Labute approximate surface area is 139 Å². The predicted molar refractivity (Wildman–Crippen MR) is 93.8 cm³/mol. The fraction of sp³-hybridized carbons (Fsp3) is 0.176. The lowest BCUT2D eigenvalue weighted by molar-refractivity contribution is 0.970. The number of rotatable bonds is 4. The molecule has 3 aromatic rings. The van der Waals surface area contributed by atoms with Crippen molar-refractivity contribution >= 4 is 39.9 Å². The van der Waals surface area contributed by atoms with Crippen LogP contribution in [0.3, 0.4) is 0 Å². The van der Waals surface area contributed by atoms with Gasteiger partial charge in [-0.25, -0.2) is 9.97 Å². The number of halogens is 2. The SMILES string of the molecule is CCCNc1nc(-c2ccc(Cl)cc2Cl)nc2ccccc12. The van der Waals surface area contributed by atoms with Crippen molar-refractivity contribution in [3.8, 4) is 11.4 Å². The van der Waals surface area contributed by atoms with E-state index in [1.54, 1.807) is 12.1 Å². The summed E-state index contributed by atoms with van der Waals surface area (Å²) in [5, 5.41) is 5.50. The van der Waals surface area contributed by atoms with Crippen LogP contribution >= 0.6 is 23.2 Å². The van der Waals surface area contributed by atoms with Crippen LogP contribution in [0.25, 0.3) is 22.3 Å². The molecule has 0 aliphatic rings. The molecule has 0 amide bonds. The van der Waals surface area contributed by atoms with Gasteiger partial charge in [0.25, 0.3) is 0 Å². The normalized spacial score (nSPS) is 10.9. The van der Waals surface area contributed by atoms with Gasteiger partial charge in [-0.1, -0.05) is 42.3 Å². The molecule has 0 radical (unpaired) electrons. The molecule has 5 heteroatoms. The first-order valence-electron chi connectivity index (χ1n) is 7.15. The second-order valence-corrected chi connectivity index (χ2v) is 5.81. The molecule has 0 aliphatic carbocycles. The molecule has 0 unspecified atom stereocenters. The highest BCUT2D eigenvalue weighted by molar-refractivity contribution is 6.36. The lowest BCUT2D eigenvalue weighted by atomic mass is 10.2. The lowest BCUT2D eigenvalue weighted by Crippen LogP contribution is -2.04. The smallest absolute Gasteiger partial charge is 0.163 e. The maximum atomic E-state index is 6.29. The Morgan fingerprint density at radius 3 is 2.64 bits per heavy atom. The second kappa shape index (κ2) is 6.51. The molecular formula is C17H15Cl2N3. The molecule has 1 heterocycles. The molecule has 22 heavy (non-hydrogen) atoms. The molecular weight excluding hydrogens is 317 g/mol. The molecule has 3 rings (SSSR count). The van der Waals surface area contributed by atoms with Crippen LogP contribution in [0, 0.1) is 0 Å². The summed E-state index contributed by atoms with van der Waals surface area (Å²) in [6, 6.07) is 13.3. The minimum Gasteiger partial charge on any atom is -0.369 e. The summed E-state index contributed by atoms with van der Waals surface area (Å²) in [6.45, 7) is 2.97. The monoisotopic (exact) mass is 331 g/mol. The third kappa shape index (κ3) is 3.01. The Morgan fingerprint density at radius 1 is 1.05 bits per heavy atom. The Hall–Kier alpha value is -1.84. The van der Waals surface area contributed by atoms with Gasteiger partial charge in [0, 0.05) is 22.5 Å². The average molecular weight is 332 g/mol. The third-order valence-corrected chi connectivity index (χ3v) is 3.87. The van der Waals surface area contributed by atoms with E-state index < -0.39 is 0 Å². The van der Waals surface area contributed by atoms with Crippen molar-refractivity contribution in [1.82, 2.24) is 9.97 Å². The molecule has 0 saturated heterocycles. The number of nitrogens with zero attached hydrogens (tertiary/aromatic N) is 2. The van der Waals surface area contributed by atoms with Crippen LogP contribution in [0.4, 0.5) is 5.82 Å². The molecule has 1 N–H and O–H groups in total. The fourth-order valence-electron chi connectivity index (χ4n) is 2.25. The highest BCUT2D eigenvalue weighted by Gasteiger charge is 2.11. The number of anilines is 1. The number of fused-ring (bicyclic) bond motifs is 1. The predicted octanol–water partition coefficient (Wildman–Crippen LogP) is 5.43. The quantitative estimate of drug-likeness (QED) is 0.693. The van der Waals surface area contributed by atoms with Crippen molar-refractivity contribution in [2.24, 2.45) is 0 Å². The highest BCUT2D eigenvalue weighted by atomic mass is 35.5. The number of aromatic nitrogens is 2. The molecule has 0 saturated carbocycles. The van der Waals surface area contributed by atoms with Crippen LogP contribution in [-0.4, -0.2) is 16.5 Å². The van der Waals surface area contributed by atoms with Crippen molar-refractivity contribution < 1.29 is 0 Å². The van der Waals surface area contributed by atoms with E-state index in [4.69, 9.17) is 23.2 Å². The zero-order valence-electron chi connectivity index (χ0n) is 12.1. The summed E-state index contributed by atoms with van der Waals surface area (Å²) in [4.78, 5) is 9.28. The van der Waals surface area contributed by atoms with Gasteiger partial charge in [-0.3, -0.25) is 0 Å². The second-order valence-electron chi connectivity index (χ2n) is 4.96. The van der Waals surface area contributed by atoms with Gasteiger partial charge in [0.15, 0.2) is 5.82 Å². The fourth-order valence-corrected chi connectivity index (χ4v) is 2.74. The molecule has 3 nitrogen and oxygen atoms in total. The van der Waals surface area contributed by atoms with Gasteiger partial charge in [0.1, 0.15) is 5.82 Å². The highest BCUT2D eigenvalue weighted by Crippen LogP contribution is 2.31. The average Bonchev–Trinajstić information content (AvgIpc) is 2.52. The van der Waals surface area contributed by atoms with Crippen LogP contribution in [0.2, 0.25) is 10.0 Å². The molecule has 0 fully saturated rings. The Balaban J connectivity index is 2.17. The minimum atomic E-state index is 0.546. The van der Waals surface area contributed by atoms with Gasteiger partial charge in [-0.05, 0) is 36.8 Å².